The number of ether oxygens (including phenoxy) is 3. The normalized spacial score (nSPS) is 13.1. The lowest BCUT2D eigenvalue weighted by Crippen LogP contribution is -2.30. The van der Waals surface area contributed by atoms with Crippen molar-refractivity contribution in [1.29, 1.82) is 0 Å². The zero-order valence-electron chi connectivity index (χ0n) is 49.7. The van der Waals surface area contributed by atoms with Crippen LogP contribution in [0.1, 0.15) is 265 Å². The Morgan fingerprint density at radius 2 is 0.506 bits per heavy atom. The summed E-state index contributed by atoms with van der Waals surface area (Å²) >= 11 is 0. The van der Waals surface area contributed by atoms with Crippen LogP contribution in [0.2, 0.25) is 0 Å². The van der Waals surface area contributed by atoms with Crippen LogP contribution in [0.3, 0.4) is 0 Å². The van der Waals surface area contributed by atoms with Crippen LogP contribution < -0.4 is 0 Å². The van der Waals surface area contributed by atoms with E-state index < -0.39 is 6.10 Å². The maximum atomic E-state index is 12.8. The number of unbranched alkanes of at least 4 members (excludes halogenated alkanes) is 20. The average Bonchev–Trinajstić information content (AvgIpc) is 3.43. The Bertz CT molecular complexity index is 1700. The summed E-state index contributed by atoms with van der Waals surface area (Å²) in [6.45, 7) is 6.30. The first kappa shape index (κ1) is 72.3. The highest BCUT2D eigenvalue weighted by atomic mass is 16.6. The van der Waals surface area contributed by atoms with Crippen LogP contribution in [0.5, 0.6) is 0 Å². The molecule has 0 N–H and O–H groups in total. The molecular formula is C71H114O6. The van der Waals surface area contributed by atoms with Gasteiger partial charge in [0.05, 0.1) is 0 Å². The minimum absolute atomic E-state index is 0.0934. The monoisotopic (exact) mass is 1060 g/mol. The van der Waals surface area contributed by atoms with Gasteiger partial charge in [-0.25, -0.2) is 0 Å². The van der Waals surface area contributed by atoms with E-state index in [2.05, 4.69) is 167 Å². The predicted molar refractivity (Wildman–Crippen MR) is 334 cm³/mol. The number of esters is 3. The van der Waals surface area contributed by atoms with Crippen LogP contribution in [0.25, 0.3) is 0 Å². The molecule has 0 spiro atoms. The largest absolute Gasteiger partial charge is 0.462 e. The van der Waals surface area contributed by atoms with Gasteiger partial charge in [-0.2, -0.15) is 0 Å². The number of hydrogen-bond donors (Lipinski definition) is 0. The number of hydrogen-bond acceptors (Lipinski definition) is 6. The highest BCUT2D eigenvalue weighted by Gasteiger charge is 2.19. The Hall–Kier alpha value is -4.71. The van der Waals surface area contributed by atoms with Crippen molar-refractivity contribution in [2.45, 2.75) is 271 Å². The van der Waals surface area contributed by atoms with Crippen molar-refractivity contribution in [3.05, 3.63) is 146 Å². The second kappa shape index (κ2) is 63.8. The number of carbonyl (C=O) groups excluding carboxylic acids is 3. The topological polar surface area (TPSA) is 78.9 Å². The van der Waals surface area contributed by atoms with Crippen LogP contribution in [-0.2, 0) is 28.6 Å². The van der Waals surface area contributed by atoms with Crippen molar-refractivity contribution < 1.29 is 28.6 Å². The quantitative estimate of drug-likeness (QED) is 0.0261. The Labute approximate surface area is 474 Å². The average molecular weight is 1060 g/mol. The summed E-state index contributed by atoms with van der Waals surface area (Å²) in [4.78, 5) is 37.9. The fourth-order valence-electron chi connectivity index (χ4n) is 8.21. The fraction of sp³-hybridized carbons (Fsp3) is 0.620. The maximum absolute atomic E-state index is 12.8. The van der Waals surface area contributed by atoms with Gasteiger partial charge in [0, 0.05) is 19.3 Å². The standard InChI is InChI=1S/C71H114O6/c1-4-7-10-13-15-17-19-21-23-25-27-29-31-32-33-34-35-36-37-38-40-41-43-45-47-49-51-53-55-58-61-64-70(73)76-67-68(66-75-69(72)63-60-57-12-9-6-3)77-71(74)65-62-59-56-54-52-50-48-46-44-42-39-30-28-26-24-22-20-18-16-14-11-8-5-2/h7-8,10-11,15-18,21-24,27-30,32-33,35-36,42,44,48,50,68H,4-6,9,12-14,19-20,25-26,31,34,37-41,43,45-47,49,51-67H2,1-3H3/b10-7-,11-8-,17-15-,18-16-,23-21-,24-22-,29-27-,30-28-,33-32-,36-35-,44-42-,50-48-. The first-order chi connectivity index (χ1) is 38.0. The van der Waals surface area contributed by atoms with Crippen molar-refractivity contribution in [2.75, 3.05) is 13.2 Å². The van der Waals surface area contributed by atoms with Crippen molar-refractivity contribution in [3.63, 3.8) is 0 Å². The summed E-state index contributed by atoms with van der Waals surface area (Å²) in [6, 6.07) is 0. The summed E-state index contributed by atoms with van der Waals surface area (Å²) in [5.74, 6) is -0.937. The number of carbonyl (C=O) groups is 3. The maximum Gasteiger partial charge on any atom is 0.306 e. The first-order valence-corrected chi connectivity index (χ1v) is 31.3. The van der Waals surface area contributed by atoms with Gasteiger partial charge in [0.15, 0.2) is 6.10 Å². The third kappa shape index (κ3) is 62.0. The molecule has 0 fully saturated rings. The molecule has 0 aromatic rings. The van der Waals surface area contributed by atoms with Gasteiger partial charge in [0.1, 0.15) is 13.2 Å². The molecule has 0 radical (unpaired) electrons. The van der Waals surface area contributed by atoms with E-state index >= 15 is 0 Å². The summed E-state index contributed by atoms with van der Waals surface area (Å²) < 4.78 is 16.7. The van der Waals surface area contributed by atoms with Crippen LogP contribution in [0.4, 0.5) is 0 Å². The molecule has 1 atom stereocenters. The zero-order valence-corrected chi connectivity index (χ0v) is 49.7. The zero-order chi connectivity index (χ0) is 55.7. The minimum Gasteiger partial charge on any atom is -0.462 e. The van der Waals surface area contributed by atoms with Gasteiger partial charge >= 0.3 is 17.9 Å². The molecule has 0 aliphatic carbocycles. The molecule has 0 bridgehead atoms. The minimum atomic E-state index is -0.795. The lowest BCUT2D eigenvalue weighted by Gasteiger charge is -2.18. The Morgan fingerprint density at radius 1 is 0.273 bits per heavy atom. The second-order valence-electron chi connectivity index (χ2n) is 20.2. The van der Waals surface area contributed by atoms with Crippen LogP contribution in [0, 0.1) is 0 Å². The lowest BCUT2D eigenvalue weighted by atomic mass is 10.0. The Balaban J connectivity index is 4.11. The summed E-state index contributed by atoms with van der Waals surface area (Å²) in [5.41, 5.74) is 0. The molecule has 0 rings (SSSR count). The molecule has 0 aromatic heterocycles. The molecule has 6 nitrogen and oxygen atoms in total. The van der Waals surface area contributed by atoms with E-state index in [0.717, 1.165) is 161 Å². The van der Waals surface area contributed by atoms with Gasteiger partial charge in [-0.3, -0.25) is 14.4 Å². The molecule has 0 heterocycles. The molecule has 1 unspecified atom stereocenters. The van der Waals surface area contributed by atoms with Crippen molar-refractivity contribution in [3.8, 4) is 0 Å². The molecule has 77 heavy (non-hydrogen) atoms. The third-order valence-electron chi connectivity index (χ3n) is 12.8. The summed E-state index contributed by atoms with van der Waals surface area (Å²) in [5, 5.41) is 0. The van der Waals surface area contributed by atoms with E-state index in [1.165, 1.54) is 64.2 Å². The van der Waals surface area contributed by atoms with Gasteiger partial charge in [-0.1, -0.05) is 269 Å². The van der Waals surface area contributed by atoms with Gasteiger partial charge in [0.2, 0.25) is 0 Å². The third-order valence-corrected chi connectivity index (χ3v) is 12.8. The molecule has 6 heteroatoms. The lowest BCUT2D eigenvalue weighted by molar-refractivity contribution is -0.167. The second-order valence-corrected chi connectivity index (χ2v) is 20.2. The van der Waals surface area contributed by atoms with E-state index in [4.69, 9.17) is 14.2 Å². The predicted octanol–water partition coefficient (Wildman–Crippen LogP) is 21.5. The van der Waals surface area contributed by atoms with Gasteiger partial charge in [-0.05, 0) is 122 Å². The SMILES string of the molecule is CC/C=C\C/C=C\C/C=C\C/C=C\C/C=C\C/C=C\CCCCCCCCCCCCCCC(=O)OCC(COC(=O)CCCCCCC)OC(=O)CCCCCC/C=C\C/C=C\C/C=C\C/C=C\C/C=C\C/C=C\CC. The van der Waals surface area contributed by atoms with E-state index in [1.54, 1.807) is 0 Å². The van der Waals surface area contributed by atoms with E-state index in [0.29, 0.717) is 19.3 Å². The smallest absolute Gasteiger partial charge is 0.306 e. The van der Waals surface area contributed by atoms with E-state index in [1.807, 2.05) is 0 Å². The molecule has 0 aliphatic heterocycles. The van der Waals surface area contributed by atoms with Crippen LogP contribution in [-0.4, -0.2) is 37.2 Å². The van der Waals surface area contributed by atoms with Gasteiger partial charge in [0.25, 0.3) is 0 Å². The van der Waals surface area contributed by atoms with Crippen molar-refractivity contribution >= 4 is 17.9 Å². The Kier molecular flexibility index (Phi) is 59.9. The Morgan fingerprint density at radius 3 is 0.792 bits per heavy atom. The molecular weight excluding hydrogens is 949 g/mol. The van der Waals surface area contributed by atoms with E-state index in [9.17, 15) is 14.4 Å². The highest BCUT2D eigenvalue weighted by Crippen LogP contribution is 2.15. The first-order valence-electron chi connectivity index (χ1n) is 31.3. The molecule has 0 saturated heterocycles. The van der Waals surface area contributed by atoms with E-state index in [-0.39, 0.29) is 31.1 Å². The molecule has 0 saturated carbocycles. The molecule has 0 aromatic carbocycles. The fourth-order valence-corrected chi connectivity index (χ4v) is 8.21. The van der Waals surface area contributed by atoms with Gasteiger partial charge in [-0.15, -0.1) is 0 Å². The summed E-state index contributed by atoms with van der Waals surface area (Å²) in [7, 11) is 0. The summed E-state index contributed by atoms with van der Waals surface area (Å²) in [6.07, 6.45) is 91.8. The van der Waals surface area contributed by atoms with Gasteiger partial charge < -0.3 is 14.2 Å². The van der Waals surface area contributed by atoms with Crippen molar-refractivity contribution in [2.24, 2.45) is 0 Å². The van der Waals surface area contributed by atoms with Crippen molar-refractivity contribution in [1.82, 2.24) is 0 Å². The number of allylic oxidation sites excluding steroid dienone is 24. The molecule has 0 aliphatic rings. The van der Waals surface area contributed by atoms with Crippen LogP contribution >= 0.6 is 0 Å². The highest BCUT2D eigenvalue weighted by molar-refractivity contribution is 5.71. The molecule has 0 amide bonds. The number of rotatable bonds is 55. The molecule has 434 valence electrons. The van der Waals surface area contributed by atoms with Crippen LogP contribution in [0.15, 0.2) is 146 Å².